The predicted octanol–water partition coefficient (Wildman–Crippen LogP) is 1.64. The van der Waals surface area contributed by atoms with E-state index < -0.39 is 10.0 Å². The summed E-state index contributed by atoms with van der Waals surface area (Å²) < 4.78 is 27.6. The van der Waals surface area contributed by atoms with E-state index in [4.69, 9.17) is 0 Å². The third kappa shape index (κ3) is 4.52. The fourth-order valence-electron chi connectivity index (χ4n) is 3.81. The lowest BCUT2D eigenvalue weighted by atomic mass is 10.1. The van der Waals surface area contributed by atoms with Gasteiger partial charge in [-0.05, 0) is 55.4 Å². The number of hydrogen-bond acceptors (Lipinski definition) is 4. The van der Waals surface area contributed by atoms with Crippen LogP contribution in [0.25, 0.3) is 0 Å². The Kier molecular flexibility index (Phi) is 6.23. The monoisotopic (exact) mass is 393 g/mol. The number of aryl methyl sites for hydroxylation is 2. The summed E-state index contributed by atoms with van der Waals surface area (Å²) in [4.78, 5) is 14.7. The van der Waals surface area contributed by atoms with E-state index >= 15 is 0 Å². The number of piperazine rings is 1. The van der Waals surface area contributed by atoms with E-state index in [2.05, 4.69) is 24.1 Å². The fourth-order valence-corrected chi connectivity index (χ4v) is 5.28. The number of fused-ring (bicyclic) bond motifs is 1. The Hall–Kier alpha value is -1.44. The van der Waals surface area contributed by atoms with Crippen LogP contribution in [0, 0.1) is 5.92 Å². The molecule has 0 bridgehead atoms. The van der Waals surface area contributed by atoms with Crippen molar-refractivity contribution in [1.29, 1.82) is 0 Å². The average molecular weight is 394 g/mol. The van der Waals surface area contributed by atoms with Crippen LogP contribution in [0.5, 0.6) is 0 Å². The van der Waals surface area contributed by atoms with Crippen LogP contribution in [-0.2, 0) is 27.7 Å². The zero-order chi connectivity index (χ0) is 19.6. The summed E-state index contributed by atoms with van der Waals surface area (Å²) in [6, 6.07) is 5.32. The lowest BCUT2D eigenvalue weighted by Crippen LogP contribution is -2.55. The van der Waals surface area contributed by atoms with Crippen LogP contribution < -0.4 is 5.32 Å². The topological polar surface area (TPSA) is 69.7 Å². The van der Waals surface area contributed by atoms with Crippen molar-refractivity contribution in [2.75, 3.05) is 32.7 Å². The van der Waals surface area contributed by atoms with Gasteiger partial charge in [-0.1, -0.05) is 19.9 Å². The molecule has 7 heteroatoms. The van der Waals surface area contributed by atoms with E-state index in [1.807, 2.05) is 19.1 Å². The first-order valence-corrected chi connectivity index (χ1v) is 11.4. The van der Waals surface area contributed by atoms with Gasteiger partial charge in [0.25, 0.3) is 0 Å². The summed E-state index contributed by atoms with van der Waals surface area (Å²) in [6.45, 7) is 8.65. The second-order valence-corrected chi connectivity index (χ2v) is 9.98. The molecule has 1 fully saturated rings. The van der Waals surface area contributed by atoms with Gasteiger partial charge < -0.3 is 5.32 Å². The van der Waals surface area contributed by atoms with E-state index in [9.17, 15) is 13.2 Å². The molecular formula is C20H31N3O3S. The Balaban J connectivity index is 1.60. The standard InChI is InChI=1S/C20H31N3O3S/c1-15(2)14-21-20(24)16(3)22-9-11-23(12-10-22)27(25,26)19-8-7-17-5-4-6-18(17)13-19/h7-8,13,15-16H,4-6,9-12,14H2,1-3H3,(H,21,24). The number of sulfonamides is 1. The molecule has 0 saturated carbocycles. The Morgan fingerprint density at radius 2 is 1.74 bits per heavy atom. The average Bonchev–Trinajstić information content (AvgIpc) is 3.13. The number of rotatable bonds is 6. The molecule has 1 aliphatic carbocycles. The molecule has 1 aromatic rings. The molecule has 1 atom stereocenters. The van der Waals surface area contributed by atoms with Crippen LogP contribution in [0.15, 0.2) is 23.1 Å². The zero-order valence-corrected chi connectivity index (χ0v) is 17.4. The maximum absolute atomic E-state index is 13.0. The number of hydrogen-bond donors (Lipinski definition) is 1. The van der Waals surface area contributed by atoms with Crippen molar-refractivity contribution in [2.45, 2.75) is 51.0 Å². The van der Waals surface area contributed by atoms with E-state index in [0.717, 1.165) is 19.3 Å². The van der Waals surface area contributed by atoms with Gasteiger partial charge in [0.15, 0.2) is 0 Å². The highest BCUT2D eigenvalue weighted by Gasteiger charge is 2.32. The highest BCUT2D eigenvalue weighted by Crippen LogP contribution is 2.26. The van der Waals surface area contributed by atoms with Crippen LogP contribution in [0.4, 0.5) is 0 Å². The van der Waals surface area contributed by atoms with Gasteiger partial charge in [-0.15, -0.1) is 0 Å². The first kappa shape index (κ1) is 20.3. The van der Waals surface area contributed by atoms with Crippen molar-refractivity contribution >= 4 is 15.9 Å². The minimum absolute atomic E-state index is 0.0126. The van der Waals surface area contributed by atoms with E-state index in [-0.39, 0.29) is 11.9 Å². The Morgan fingerprint density at radius 3 is 2.41 bits per heavy atom. The normalized spacial score (nSPS) is 19.9. The summed E-state index contributed by atoms with van der Waals surface area (Å²) in [5, 5.41) is 2.96. The maximum atomic E-state index is 13.0. The Bertz CT molecular complexity index is 784. The molecule has 150 valence electrons. The van der Waals surface area contributed by atoms with Crippen LogP contribution in [-0.4, -0.2) is 62.3 Å². The Labute approximate surface area is 163 Å². The molecule has 0 spiro atoms. The first-order chi connectivity index (χ1) is 12.8. The second kappa shape index (κ2) is 8.29. The minimum Gasteiger partial charge on any atom is -0.354 e. The molecule has 1 aromatic carbocycles. The number of carbonyl (C=O) groups is 1. The highest BCUT2D eigenvalue weighted by molar-refractivity contribution is 7.89. The van der Waals surface area contributed by atoms with Crippen molar-refractivity contribution < 1.29 is 13.2 Å². The Morgan fingerprint density at radius 1 is 1.07 bits per heavy atom. The largest absolute Gasteiger partial charge is 0.354 e. The number of carbonyl (C=O) groups excluding carboxylic acids is 1. The van der Waals surface area contributed by atoms with Crippen molar-refractivity contribution in [3.8, 4) is 0 Å². The SMILES string of the molecule is CC(C)CNC(=O)C(C)N1CCN(S(=O)(=O)c2ccc3c(c2)CCC3)CC1. The van der Waals surface area contributed by atoms with Crippen molar-refractivity contribution in [3.05, 3.63) is 29.3 Å². The van der Waals surface area contributed by atoms with Crippen LogP contribution in [0.2, 0.25) is 0 Å². The third-order valence-electron chi connectivity index (χ3n) is 5.59. The van der Waals surface area contributed by atoms with Crippen molar-refractivity contribution in [1.82, 2.24) is 14.5 Å². The van der Waals surface area contributed by atoms with Gasteiger partial charge in [-0.2, -0.15) is 4.31 Å². The maximum Gasteiger partial charge on any atom is 0.243 e. The van der Waals surface area contributed by atoms with Gasteiger partial charge in [0.05, 0.1) is 10.9 Å². The van der Waals surface area contributed by atoms with E-state index in [0.29, 0.717) is 43.5 Å². The van der Waals surface area contributed by atoms with Gasteiger partial charge in [-0.25, -0.2) is 8.42 Å². The van der Waals surface area contributed by atoms with Crippen LogP contribution >= 0.6 is 0 Å². The van der Waals surface area contributed by atoms with Gasteiger partial charge in [0, 0.05) is 32.7 Å². The lowest BCUT2D eigenvalue weighted by molar-refractivity contribution is -0.126. The first-order valence-electron chi connectivity index (χ1n) is 9.92. The molecule has 1 saturated heterocycles. The number of nitrogens with one attached hydrogen (secondary N) is 1. The molecule has 1 amide bonds. The van der Waals surface area contributed by atoms with E-state index in [1.54, 1.807) is 10.4 Å². The third-order valence-corrected chi connectivity index (χ3v) is 7.49. The summed E-state index contributed by atoms with van der Waals surface area (Å²) in [7, 11) is -3.47. The van der Waals surface area contributed by atoms with Gasteiger partial charge >= 0.3 is 0 Å². The number of nitrogens with zero attached hydrogens (tertiary/aromatic N) is 2. The molecule has 1 unspecified atom stereocenters. The number of benzene rings is 1. The van der Waals surface area contributed by atoms with E-state index in [1.165, 1.54) is 11.1 Å². The predicted molar refractivity (Wildman–Crippen MR) is 106 cm³/mol. The summed E-state index contributed by atoms with van der Waals surface area (Å²) in [5.41, 5.74) is 2.45. The molecule has 0 radical (unpaired) electrons. The van der Waals surface area contributed by atoms with Crippen molar-refractivity contribution in [3.63, 3.8) is 0 Å². The molecule has 3 rings (SSSR count). The lowest BCUT2D eigenvalue weighted by Gasteiger charge is -2.36. The minimum atomic E-state index is -3.47. The molecule has 27 heavy (non-hydrogen) atoms. The molecule has 1 N–H and O–H groups in total. The van der Waals surface area contributed by atoms with Crippen molar-refractivity contribution in [2.24, 2.45) is 5.92 Å². The molecule has 1 aliphatic heterocycles. The second-order valence-electron chi connectivity index (χ2n) is 8.04. The van der Waals surface area contributed by atoms with Gasteiger partial charge in [0.2, 0.25) is 15.9 Å². The summed E-state index contributed by atoms with van der Waals surface area (Å²) in [6.07, 6.45) is 3.12. The quantitative estimate of drug-likeness (QED) is 0.798. The molecule has 6 nitrogen and oxygen atoms in total. The summed E-state index contributed by atoms with van der Waals surface area (Å²) in [5.74, 6) is 0.425. The molecule has 0 aromatic heterocycles. The smallest absolute Gasteiger partial charge is 0.243 e. The zero-order valence-electron chi connectivity index (χ0n) is 16.6. The highest BCUT2D eigenvalue weighted by atomic mass is 32.2. The van der Waals surface area contributed by atoms with Gasteiger partial charge in [-0.3, -0.25) is 9.69 Å². The number of amides is 1. The summed E-state index contributed by atoms with van der Waals surface area (Å²) >= 11 is 0. The van der Waals surface area contributed by atoms with Crippen LogP contribution in [0.1, 0.15) is 38.3 Å². The fraction of sp³-hybridized carbons (Fsp3) is 0.650. The molecular weight excluding hydrogens is 362 g/mol. The van der Waals surface area contributed by atoms with Gasteiger partial charge in [0.1, 0.15) is 0 Å². The molecule has 1 heterocycles. The van der Waals surface area contributed by atoms with Crippen LogP contribution in [0.3, 0.4) is 0 Å². The molecule has 2 aliphatic rings.